The van der Waals surface area contributed by atoms with E-state index in [0.717, 1.165) is 18.3 Å². The molecule has 3 N–H and O–H groups in total. The first-order valence-corrected chi connectivity index (χ1v) is 6.23. The molecule has 10 heteroatoms. The standard InChI is InChI=1S/C14H8F5N3O2/c15-8-2-1-7(14(17,18)19)11(16)10(8)13(24)22-6-3-4-21-9(5-6)12(20)23/h1-5H,(H2,20,23)(H,21,22,24). The van der Waals surface area contributed by atoms with Crippen molar-refractivity contribution in [1.82, 2.24) is 4.98 Å². The van der Waals surface area contributed by atoms with Gasteiger partial charge in [-0.3, -0.25) is 14.6 Å². The van der Waals surface area contributed by atoms with E-state index in [2.05, 4.69) is 4.98 Å². The zero-order valence-corrected chi connectivity index (χ0v) is 11.6. The minimum absolute atomic E-state index is 0.125. The van der Waals surface area contributed by atoms with Crippen molar-refractivity contribution in [3.05, 3.63) is 58.9 Å². The third-order valence-electron chi connectivity index (χ3n) is 2.89. The summed E-state index contributed by atoms with van der Waals surface area (Å²) in [6.07, 6.45) is -4.02. The van der Waals surface area contributed by atoms with Crippen LogP contribution in [0.5, 0.6) is 0 Å². The minimum Gasteiger partial charge on any atom is -0.364 e. The molecule has 1 aromatic heterocycles. The lowest BCUT2D eigenvalue weighted by molar-refractivity contribution is -0.140. The molecule has 0 aliphatic rings. The van der Waals surface area contributed by atoms with Gasteiger partial charge in [0.15, 0.2) is 5.82 Å². The summed E-state index contributed by atoms with van der Waals surface area (Å²) in [5.41, 5.74) is 1.43. The highest BCUT2D eigenvalue weighted by Gasteiger charge is 2.37. The Morgan fingerprint density at radius 2 is 1.79 bits per heavy atom. The summed E-state index contributed by atoms with van der Waals surface area (Å²) < 4.78 is 65.4. The maximum Gasteiger partial charge on any atom is 0.419 e. The molecule has 0 aliphatic carbocycles. The lowest BCUT2D eigenvalue weighted by atomic mass is 10.1. The maximum atomic E-state index is 13.9. The number of benzene rings is 1. The van der Waals surface area contributed by atoms with Gasteiger partial charge < -0.3 is 11.1 Å². The molecular formula is C14H8F5N3O2. The lowest BCUT2D eigenvalue weighted by Crippen LogP contribution is -2.20. The minimum atomic E-state index is -5.09. The number of primary amides is 1. The van der Waals surface area contributed by atoms with Crippen LogP contribution >= 0.6 is 0 Å². The molecule has 1 aromatic carbocycles. The summed E-state index contributed by atoms with van der Waals surface area (Å²) in [6, 6.07) is 2.69. The van der Waals surface area contributed by atoms with Crippen LogP contribution in [0.4, 0.5) is 27.6 Å². The summed E-state index contributed by atoms with van der Waals surface area (Å²) >= 11 is 0. The van der Waals surface area contributed by atoms with Crippen LogP contribution in [-0.4, -0.2) is 16.8 Å². The Bertz CT molecular complexity index is 821. The molecule has 0 aliphatic heterocycles. The van der Waals surface area contributed by atoms with Gasteiger partial charge in [-0.1, -0.05) is 0 Å². The normalized spacial score (nSPS) is 11.2. The van der Waals surface area contributed by atoms with E-state index in [4.69, 9.17) is 5.73 Å². The first-order valence-electron chi connectivity index (χ1n) is 6.23. The van der Waals surface area contributed by atoms with E-state index in [-0.39, 0.29) is 17.4 Å². The van der Waals surface area contributed by atoms with Gasteiger partial charge in [-0.2, -0.15) is 13.2 Å². The third kappa shape index (κ3) is 3.47. The number of pyridine rings is 1. The molecule has 5 nitrogen and oxygen atoms in total. The van der Waals surface area contributed by atoms with Crippen LogP contribution in [0.1, 0.15) is 26.4 Å². The summed E-state index contributed by atoms with van der Waals surface area (Å²) in [7, 11) is 0. The Morgan fingerprint density at radius 3 is 2.38 bits per heavy atom. The smallest absolute Gasteiger partial charge is 0.364 e. The first kappa shape index (κ1) is 17.3. The largest absolute Gasteiger partial charge is 0.419 e. The van der Waals surface area contributed by atoms with Crippen molar-refractivity contribution in [2.45, 2.75) is 6.18 Å². The third-order valence-corrected chi connectivity index (χ3v) is 2.89. The number of anilines is 1. The fourth-order valence-electron chi connectivity index (χ4n) is 1.82. The lowest BCUT2D eigenvalue weighted by Gasteiger charge is -2.12. The first-order chi connectivity index (χ1) is 11.1. The van der Waals surface area contributed by atoms with E-state index in [1.54, 1.807) is 0 Å². The topological polar surface area (TPSA) is 85.1 Å². The van der Waals surface area contributed by atoms with Gasteiger partial charge in [0, 0.05) is 11.9 Å². The number of aromatic nitrogens is 1. The van der Waals surface area contributed by atoms with Crippen LogP contribution in [0, 0.1) is 11.6 Å². The summed E-state index contributed by atoms with van der Waals surface area (Å²) in [4.78, 5) is 26.5. The van der Waals surface area contributed by atoms with Crippen molar-refractivity contribution in [2.24, 2.45) is 5.73 Å². The number of carbonyl (C=O) groups is 2. The van der Waals surface area contributed by atoms with Gasteiger partial charge in [0.05, 0.1) is 5.56 Å². The van der Waals surface area contributed by atoms with Gasteiger partial charge in [-0.05, 0) is 24.3 Å². The van der Waals surface area contributed by atoms with Crippen LogP contribution in [0.3, 0.4) is 0 Å². The van der Waals surface area contributed by atoms with Gasteiger partial charge in [-0.15, -0.1) is 0 Å². The SMILES string of the molecule is NC(=O)c1cc(NC(=O)c2c(F)ccc(C(F)(F)F)c2F)ccn1. The average Bonchev–Trinajstić information content (AvgIpc) is 2.46. The molecule has 0 unspecified atom stereocenters. The fraction of sp³-hybridized carbons (Fsp3) is 0.0714. The Kier molecular flexibility index (Phi) is 4.49. The van der Waals surface area contributed by atoms with Crippen molar-refractivity contribution in [3.63, 3.8) is 0 Å². The second-order valence-electron chi connectivity index (χ2n) is 4.53. The molecule has 0 spiro atoms. The number of nitrogens with two attached hydrogens (primary N) is 1. The zero-order chi connectivity index (χ0) is 18.1. The highest BCUT2D eigenvalue weighted by molar-refractivity contribution is 6.05. The maximum absolute atomic E-state index is 13.9. The van der Waals surface area contributed by atoms with Crippen LogP contribution in [0.15, 0.2) is 30.5 Å². The van der Waals surface area contributed by atoms with Crippen molar-refractivity contribution in [2.75, 3.05) is 5.32 Å². The highest BCUT2D eigenvalue weighted by Crippen LogP contribution is 2.33. The van der Waals surface area contributed by atoms with E-state index in [1.807, 2.05) is 5.32 Å². The monoisotopic (exact) mass is 345 g/mol. The van der Waals surface area contributed by atoms with Gasteiger partial charge in [-0.25, -0.2) is 8.78 Å². The number of amides is 2. The second-order valence-corrected chi connectivity index (χ2v) is 4.53. The fourth-order valence-corrected chi connectivity index (χ4v) is 1.82. The number of hydrogen-bond donors (Lipinski definition) is 2. The summed E-state index contributed by atoms with van der Waals surface area (Å²) in [6.45, 7) is 0. The predicted octanol–water partition coefficient (Wildman–Crippen LogP) is 2.73. The second kappa shape index (κ2) is 6.22. The van der Waals surface area contributed by atoms with Gasteiger partial charge in [0.25, 0.3) is 11.8 Å². The van der Waals surface area contributed by atoms with E-state index >= 15 is 0 Å². The summed E-state index contributed by atoms with van der Waals surface area (Å²) in [5, 5.41) is 1.98. The molecule has 2 aromatic rings. The highest BCUT2D eigenvalue weighted by atomic mass is 19.4. The predicted molar refractivity (Wildman–Crippen MR) is 72.1 cm³/mol. The van der Waals surface area contributed by atoms with E-state index in [1.165, 1.54) is 0 Å². The molecule has 0 saturated heterocycles. The Morgan fingerprint density at radius 1 is 1.12 bits per heavy atom. The van der Waals surface area contributed by atoms with Gasteiger partial charge in [0.2, 0.25) is 0 Å². The molecule has 0 bridgehead atoms. The number of rotatable bonds is 3. The van der Waals surface area contributed by atoms with E-state index in [0.29, 0.717) is 6.07 Å². The number of hydrogen-bond acceptors (Lipinski definition) is 3. The summed E-state index contributed by atoms with van der Waals surface area (Å²) in [5.74, 6) is -5.90. The molecule has 0 atom stereocenters. The van der Waals surface area contributed by atoms with Crippen molar-refractivity contribution in [1.29, 1.82) is 0 Å². The molecule has 1 heterocycles. The van der Waals surface area contributed by atoms with E-state index < -0.39 is 40.8 Å². The Hall–Kier alpha value is -3.04. The van der Waals surface area contributed by atoms with Crippen molar-refractivity contribution >= 4 is 17.5 Å². The molecule has 0 radical (unpaired) electrons. The Labute approximate surface area is 131 Å². The number of nitrogens with zero attached hydrogens (tertiary/aromatic N) is 1. The zero-order valence-electron chi connectivity index (χ0n) is 11.6. The molecule has 2 amide bonds. The number of carbonyl (C=O) groups excluding carboxylic acids is 2. The molecular weight excluding hydrogens is 337 g/mol. The molecule has 126 valence electrons. The number of alkyl halides is 3. The number of nitrogens with one attached hydrogen (secondary N) is 1. The molecule has 0 fully saturated rings. The Balaban J connectivity index is 2.40. The van der Waals surface area contributed by atoms with Crippen molar-refractivity contribution < 1.29 is 31.5 Å². The quantitative estimate of drug-likeness (QED) is 0.839. The van der Waals surface area contributed by atoms with Crippen LogP contribution < -0.4 is 11.1 Å². The average molecular weight is 345 g/mol. The van der Waals surface area contributed by atoms with Crippen LogP contribution in [0.25, 0.3) is 0 Å². The van der Waals surface area contributed by atoms with Gasteiger partial charge in [0.1, 0.15) is 17.1 Å². The van der Waals surface area contributed by atoms with Gasteiger partial charge >= 0.3 is 6.18 Å². The van der Waals surface area contributed by atoms with Crippen molar-refractivity contribution in [3.8, 4) is 0 Å². The molecule has 24 heavy (non-hydrogen) atoms. The number of halogens is 5. The van der Waals surface area contributed by atoms with E-state index in [9.17, 15) is 31.5 Å². The molecule has 2 rings (SSSR count). The van der Waals surface area contributed by atoms with Crippen LogP contribution in [0.2, 0.25) is 0 Å². The molecule has 0 saturated carbocycles. The van der Waals surface area contributed by atoms with Crippen LogP contribution in [-0.2, 0) is 6.18 Å².